The van der Waals surface area contributed by atoms with E-state index in [-0.39, 0.29) is 52.5 Å². The number of hydrogen-bond donors (Lipinski definition) is 2. The van der Waals surface area contributed by atoms with Gasteiger partial charge in [-0.05, 0) is 62.1 Å². The highest BCUT2D eigenvalue weighted by Crippen LogP contribution is 2.30. The topological polar surface area (TPSA) is 160 Å². The Bertz CT molecular complexity index is 1930. The number of rotatable bonds is 8. The Morgan fingerprint density at radius 3 is 2.18 bits per heavy atom. The molecule has 44 heavy (non-hydrogen) atoms. The molecule has 1 saturated heterocycles. The van der Waals surface area contributed by atoms with E-state index in [9.17, 15) is 21.6 Å². The Hall–Kier alpha value is -2.88. The van der Waals surface area contributed by atoms with Crippen LogP contribution in [0.1, 0.15) is 62.3 Å². The maximum absolute atomic E-state index is 13.4. The number of nitrogens with one attached hydrogen (secondary N) is 2. The lowest BCUT2D eigenvalue weighted by Crippen LogP contribution is -2.38. The van der Waals surface area contributed by atoms with Crippen LogP contribution in [0.4, 0.5) is 0 Å². The fourth-order valence-electron chi connectivity index (χ4n) is 5.83. The van der Waals surface area contributed by atoms with E-state index in [1.54, 1.807) is 18.2 Å². The molecule has 0 atom stereocenters. The number of hydrogen-bond acceptors (Lipinski definition) is 8. The third kappa shape index (κ3) is 6.28. The molecule has 0 radical (unpaired) electrons. The smallest absolute Gasteiger partial charge is 0.281 e. The van der Waals surface area contributed by atoms with Crippen LogP contribution in [0.15, 0.2) is 57.1 Å². The highest BCUT2D eigenvalue weighted by Gasteiger charge is 2.32. The minimum Gasteiger partial charge on any atom is -0.308 e. The molecule has 3 heterocycles. The van der Waals surface area contributed by atoms with Gasteiger partial charge in [-0.1, -0.05) is 53.7 Å². The Morgan fingerprint density at radius 2 is 1.52 bits per heavy atom. The lowest BCUT2D eigenvalue weighted by Gasteiger charge is -2.30. The van der Waals surface area contributed by atoms with E-state index in [2.05, 4.69) is 25.0 Å². The summed E-state index contributed by atoms with van der Waals surface area (Å²) in [4.78, 5) is 20.4. The van der Waals surface area contributed by atoms with Gasteiger partial charge in [0.1, 0.15) is 5.82 Å². The van der Waals surface area contributed by atoms with Gasteiger partial charge in [-0.15, -0.1) is 5.10 Å². The molecule has 0 unspecified atom stereocenters. The number of aromatic nitrogens is 5. The molecule has 2 fully saturated rings. The average molecular weight is 681 g/mol. The standard InChI is InChI=1S/C28H31Cl2N7O5S2/c29-23-7-4-8-24(30)22(23)17-37-27-25(33-35-37)28(38)32-26(31-27)18-13-15-36(16-14-18)44(41,42)21-11-9-20(10-12-21)43(39,40)34-19-5-2-1-3-6-19/h4,7-12,18-19,34H,1-3,5-6,13-17H2,(H,31,32,38). The first-order chi connectivity index (χ1) is 21.0. The van der Waals surface area contributed by atoms with Crippen molar-refractivity contribution in [2.45, 2.75) is 73.2 Å². The largest absolute Gasteiger partial charge is 0.308 e. The lowest BCUT2D eigenvalue weighted by molar-refractivity contribution is 0.313. The van der Waals surface area contributed by atoms with Crippen LogP contribution < -0.4 is 10.3 Å². The van der Waals surface area contributed by atoms with Crippen molar-refractivity contribution in [2.75, 3.05) is 13.1 Å². The van der Waals surface area contributed by atoms with Crippen molar-refractivity contribution in [3.05, 3.63) is 74.3 Å². The van der Waals surface area contributed by atoms with Crippen LogP contribution in [0.3, 0.4) is 0 Å². The number of fused-ring (bicyclic) bond motifs is 1. The van der Waals surface area contributed by atoms with Gasteiger partial charge in [-0.2, -0.15) is 4.31 Å². The van der Waals surface area contributed by atoms with Crippen molar-refractivity contribution in [1.82, 2.24) is 34.0 Å². The number of sulfonamides is 2. The molecule has 1 aliphatic heterocycles. The summed E-state index contributed by atoms with van der Waals surface area (Å²) in [5, 5.41) is 8.97. The molecule has 6 rings (SSSR count). The Kier molecular flexibility index (Phi) is 8.83. The number of H-pyrrole nitrogens is 1. The number of aromatic amines is 1. The van der Waals surface area contributed by atoms with Crippen LogP contribution in [0.2, 0.25) is 10.0 Å². The predicted molar refractivity (Wildman–Crippen MR) is 166 cm³/mol. The summed E-state index contributed by atoms with van der Waals surface area (Å²) in [6.07, 6.45) is 5.53. The van der Waals surface area contributed by atoms with Crippen molar-refractivity contribution in [1.29, 1.82) is 0 Å². The molecular weight excluding hydrogens is 649 g/mol. The van der Waals surface area contributed by atoms with E-state index in [0.29, 0.717) is 34.3 Å². The van der Waals surface area contributed by atoms with E-state index in [4.69, 9.17) is 23.2 Å². The molecule has 1 aliphatic carbocycles. The summed E-state index contributed by atoms with van der Waals surface area (Å²) in [5.74, 6) is 0.220. The van der Waals surface area contributed by atoms with Crippen molar-refractivity contribution in [2.24, 2.45) is 0 Å². The molecule has 0 amide bonds. The summed E-state index contributed by atoms with van der Waals surface area (Å²) in [6, 6.07) is 10.4. The number of benzene rings is 2. The second-order valence-corrected chi connectivity index (χ2v) is 15.6. The fourth-order valence-corrected chi connectivity index (χ4v) is 9.13. The highest BCUT2D eigenvalue weighted by atomic mass is 35.5. The highest BCUT2D eigenvalue weighted by molar-refractivity contribution is 7.89. The van der Waals surface area contributed by atoms with Gasteiger partial charge in [-0.3, -0.25) is 4.79 Å². The van der Waals surface area contributed by atoms with Crippen LogP contribution in [-0.2, 0) is 26.6 Å². The maximum Gasteiger partial charge on any atom is 0.281 e. The van der Waals surface area contributed by atoms with E-state index in [1.165, 1.54) is 33.3 Å². The van der Waals surface area contributed by atoms with E-state index >= 15 is 0 Å². The molecule has 0 spiro atoms. The molecule has 12 nitrogen and oxygen atoms in total. The molecule has 2 aromatic carbocycles. The van der Waals surface area contributed by atoms with Gasteiger partial charge in [0, 0.05) is 40.7 Å². The maximum atomic E-state index is 13.4. The van der Waals surface area contributed by atoms with E-state index in [0.717, 1.165) is 32.1 Å². The van der Waals surface area contributed by atoms with Crippen molar-refractivity contribution in [3.8, 4) is 0 Å². The SMILES string of the molecule is O=c1[nH]c(C2CCN(S(=O)(=O)c3ccc(S(=O)(=O)NC4CCCCC4)cc3)CC2)nc2c1nnn2Cc1c(Cl)cccc1Cl. The van der Waals surface area contributed by atoms with Crippen LogP contribution in [0.25, 0.3) is 11.2 Å². The van der Waals surface area contributed by atoms with Crippen molar-refractivity contribution < 1.29 is 16.8 Å². The van der Waals surface area contributed by atoms with Crippen LogP contribution in [-0.4, -0.2) is 65.2 Å². The average Bonchev–Trinajstić information content (AvgIpc) is 3.42. The molecular formula is C28H31Cl2N7O5S2. The Morgan fingerprint density at radius 1 is 0.886 bits per heavy atom. The zero-order valence-corrected chi connectivity index (χ0v) is 26.8. The summed E-state index contributed by atoms with van der Waals surface area (Å²) in [6.45, 7) is 0.563. The molecule has 0 bridgehead atoms. The minimum absolute atomic E-state index is 0.0220. The quantitative estimate of drug-likeness (QED) is 0.282. The summed E-state index contributed by atoms with van der Waals surface area (Å²) in [7, 11) is -7.61. The zero-order valence-electron chi connectivity index (χ0n) is 23.6. The van der Waals surface area contributed by atoms with Gasteiger partial charge in [0.25, 0.3) is 5.56 Å². The first-order valence-corrected chi connectivity index (χ1v) is 18.1. The summed E-state index contributed by atoms with van der Waals surface area (Å²) < 4.78 is 58.1. The van der Waals surface area contributed by atoms with Gasteiger partial charge in [-0.25, -0.2) is 31.2 Å². The van der Waals surface area contributed by atoms with Gasteiger partial charge in [0.05, 0.1) is 16.3 Å². The second kappa shape index (κ2) is 12.5. The number of halogens is 2. The third-order valence-corrected chi connectivity index (χ3v) is 12.5. The molecule has 4 aromatic rings. The van der Waals surface area contributed by atoms with Gasteiger partial charge in [0.2, 0.25) is 20.0 Å². The fraction of sp³-hybridized carbons (Fsp3) is 0.429. The number of piperidine rings is 1. The monoisotopic (exact) mass is 679 g/mol. The van der Waals surface area contributed by atoms with Crippen LogP contribution in [0, 0.1) is 0 Å². The molecule has 2 aliphatic rings. The summed E-state index contributed by atoms with van der Waals surface area (Å²) in [5.41, 5.74) is 0.541. The second-order valence-electron chi connectivity index (χ2n) is 11.2. The van der Waals surface area contributed by atoms with Gasteiger partial charge >= 0.3 is 0 Å². The zero-order chi connectivity index (χ0) is 31.1. The van der Waals surface area contributed by atoms with Gasteiger partial charge in [0.15, 0.2) is 11.2 Å². The van der Waals surface area contributed by atoms with Crippen molar-refractivity contribution >= 4 is 54.4 Å². The summed E-state index contributed by atoms with van der Waals surface area (Å²) >= 11 is 12.6. The molecule has 2 N–H and O–H groups in total. The first-order valence-electron chi connectivity index (χ1n) is 14.4. The van der Waals surface area contributed by atoms with Crippen LogP contribution >= 0.6 is 23.2 Å². The van der Waals surface area contributed by atoms with Gasteiger partial charge < -0.3 is 4.98 Å². The molecule has 234 valence electrons. The Balaban J connectivity index is 1.15. The molecule has 1 saturated carbocycles. The Labute approximate surface area is 264 Å². The molecule has 2 aromatic heterocycles. The van der Waals surface area contributed by atoms with E-state index < -0.39 is 25.6 Å². The normalized spacial score (nSPS) is 17.8. The third-order valence-electron chi connectivity index (χ3n) is 8.30. The van der Waals surface area contributed by atoms with E-state index in [1.807, 2.05) is 0 Å². The predicted octanol–water partition coefficient (Wildman–Crippen LogP) is 4.05. The lowest BCUT2D eigenvalue weighted by atomic mass is 9.96. The number of nitrogens with zero attached hydrogens (tertiary/aromatic N) is 5. The van der Waals surface area contributed by atoms with Crippen molar-refractivity contribution in [3.63, 3.8) is 0 Å². The molecule has 16 heteroatoms. The van der Waals surface area contributed by atoms with Crippen LogP contribution in [0.5, 0.6) is 0 Å². The first kappa shape index (κ1) is 31.1. The minimum atomic E-state index is -3.86.